The number of esters is 1. The second-order valence-corrected chi connectivity index (χ2v) is 3.34. The molecule has 7 nitrogen and oxygen atoms in total. The number of carbonyl (C=O) groups is 1. The second-order valence-electron chi connectivity index (χ2n) is 3.34. The number of hydrogen-bond donors (Lipinski definition) is 2. The van der Waals surface area contributed by atoms with Crippen LogP contribution in [0.4, 0.5) is 0 Å². The Bertz CT molecular complexity index is 175. The average molecular weight is 282 g/mol. The molecular weight excluding hydrogens is 256 g/mol. The van der Waals surface area contributed by atoms with Crippen LogP contribution in [0.5, 0.6) is 0 Å². The molecule has 2 N–H and O–H groups in total. The largest absolute Gasteiger partial charge is 0.467 e. The maximum absolute atomic E-state index is 10.0. The number of aliphatic hydroxyl groups is 2. The molecule has 0 aliphatic rings. The van der Waals surface area contributed by atoms with Crippen LogP contribution in [0.25, 0.3) is 0 Å². The Morgan fingerprint density at radius 2 is 1.53 bits per heavy atom. The van der Waals surface area contributed by atoms with Crippen molar-refractivity contribution >= 4 is 5.97 Å². The van der Waals surface area contributed by atoms with Gasteiger partial charge in [0.2, 0.25) is 0 Å². The summed E-state index contributed by atoms with van der Waals surface area (Å²) in [5.74, 6) is -0.597. The van der Waals surface area contributed by atoms with Gasteiger partial charge in [0.1, 0.15) is 6.10 Å². The summed E-state index contributed by atoms with van der Waals surface area (Å²) in [6, 6.07) is 0. The summed E-state index contributed by atoms with van der Waals surface area (Å²) >= 11 is 0. The number of rotatable bonds is 10. The quantitative estimate of drug-likeness (QED) is 0.415. The van der Waals surface area contributed by atoms with Crippen molar-refractivity contribution in [3.8, 4) is 0 Å². The van der Waals surface area contributed by atoms with E-state index in [9.17, 15) is 4.79 Å². The van der Waals surface area contributed by atoms with Gasteiger partial charge < -0.3 is 29.2 Å². The first-order chi connectivity index (χ1) is 9.09. The molecular formula is C12H26O7. The zero-order valence-electron chi connectivity index (χ0n) is 12.0. The summed E-state index contributed by atoms with van der Waals surface area (Å²) < 4.78 is 19.3. The molecule has 0 aromatic heterocycles. The lowest BCUT2D eigenvalue weighted by molar-refractivity contribution is -0.149. The van der Waals surface area contributed by atoms with Gasteiger partial charge >= 0.3 is 5.97 Å². The summed E-state index contributed by atoms with van der Waals surface area (Å²) in [5.41, 5.74) is 0. The van der Waals surface area contributed by atoms with Gasteiger partial charge in [-0.25, -0.2) is 4.79 Å². The van der Waals surface area contributed by atoms with E-state index >= 15 is 0 Å². The van der Waals surface area contributed by atoms with E-state index in [4.69, 9.17) is 24.4 Å². The first-order valence-corrected chi connectivity index (χ1v) is 6.20. The molecule has 0 aliphatic carbocycles. The highest BCUT2D eigenvalue weighted by atomic mass is 16.5. The van der Waals surface area contributed by atoms with Gasteiger partial charge in [-0.2, -0.15) is 0 Å². The fourth-order valence-corrected chi connectivity index (χ4v) is 0.819. The van der Waals surface area contributed by atoms with Gasteiger partial charge in [-0.1, -0.05) is 0 Å². The van der Waals surface area contributed by atoms with E-state index in [2.05, 4.69) is 4.74 Å². The first kappa shape index (κ1) is 20.6. The van der Waals surface area contributed by atoms with Crippen LogP contribution in [0, 0.1) is 0 Å². The molecule has 1 atom stereocenters. The Kier molecular flexibility index (Phi) is 18.7. The second kappa shape index (κ2) is 17.3. The van der Waals surface area contributed by atoms with E-state index in [-0.39, 0.29) is 6.61 Å². The van der Waals surface area contributed by atoms with Crippen molar-refractivity contribution < 1.29 is 34.0 Å². The minimum atomic E-state index is -0.995. The number of carbonyl (C=O) groups excluding carboxylic acids is 1. The minimum absolute atomic E-state index is 0.0684. The van der Waals surface area contributed by atoms with E-state index in [0.717, 1.165) is 6.61 Å². The lowest BCUT2D eigenvalue weighted by Gasteiger charge is -2.04. The number of methoxy groups -OCH3 is 1. The summed E-state index contributed by atoms with van der Waals surface area (Å²) in [7, 11) is 1.23. The van der Waals surface area contributed by atoms with Crippen molar-refractivity contribution in [3.63, 3.8) is 0 Å². The Labute approximate surface area is 114 Å². The topological polar surface area (TPSA) is 94.5 Å². The number of ether oxygens (including phenoxy) is 4. The SMILES string of the molecule is CCOCCOCCOCCO.COC(=O)C(C)O. The van der Waals surface area contributed by atoms with Crippen molar-refractivity contribution in [3.05, 3.63) is 0 Å². The van der Waals surface area contributed by atoms with Crippen LogP contribution < -0.4 is 0 Å². The Hall–Kier alpha value is -0.730. The molecule has 19 heavy (non-hydrogen) atoms. The van der Waals surface area contributed by atoms with Gasteiger partial charge in [0.25, 0.3) is 0 Å². The molecule has 0 aromatic carbocycles. The molecule has 0 amide bonds. The molecule has 1 unspecified atom stereocenters. The fraction of sp³-hybridized carbons (Fsp3) is 0.917. The Morgan fingerprint density at radius 3 is 1.84 bits per heavy atom. The van der Waals surface area contributed by atoms with E-state index in [1.54, 1.807) is 0 Å². The van der Waals surface area contributed by atoms with Crippen LogP contribution in [0.2, 0.25) is 0 Å². The molecule has 0 saturated carbocycles. The standard InChI is InChI=1S/C8H18O4.C4H8O3/c1-2-10-5-6-12-8-7-11-4-3-9;1-3(5)4(6)7-2/h9H,2-8H2,1H3;3,5H,1-2H3. The molecule has 116 valence electrons. The highest BCUT2D eigenvalue weighted by Crippen LogP contribution is 1.81. The molecule has 0 bridgehead atoms. The molecule has 0 spiro atoms. The third-order valence-corrected chi connectivity index (χ3v) is 1.73. The lowest BCUT2D eigenvalue weighted by Crippen LogP contribution is -2.16. The zero-order valence-corrected chi connectivity index (χ0v) is 12.0. The van der Waals surface area contributed by atoms with E-state index in [0.29, 0.717) is 33.0 Å². The van der Waals surface area contributed by atoms with Crippen molar-refractivity contribution in [1.82, 2.24) is 0 Å². The van der Waals surface area contributed by atoms with Crippen molar-refractivity contribution in [2.24, 2.45) is 0 Å². The van der Waals surface area contributed by atoms with Crippen molar-refractivity contribution in [1.29, 1.82) is 0 Å². The van der Waals surface area contributed by atoms with Crippen molar-refractivity contribution in [2.45, 2.75) is 20.0 Å². The van der Waals surface area contributed by atoms with E-state index in [1.807, 2.05) is 6.92 Å². The summed E-state index contributed by atoms with van der Waals surface area (Å²) in [6.07, 6.45) is -0.995. The normalized spacial score (nSPS) is 11.4. The Morgan fingerprint density at radius 1 is 1.05 bits per heavy atom. The third kappa shape index (κ3) is 19.8. The van der Waals surface area contributed by atoms with Crippen LogP contribution in [-0.4, -0.2) is 75.6 Å². The van der Waals surface area contributed by atoms with Gasteiger partial charge in [-0.05, 0) is 13.8 Å². The van der Waals surface area contributed by atoms with E-state index < -0.39 is 12.1 Å². The Balaban J connectivity index is 0. The third-order valence-electron chi connectivity index (χ3n) is 1.73. The van der Waals surface area contributed by atoms with Crippen LogP contribution in [0.1, 0.15) is 13.8 Å². The van der Waals surface area contributed by atoms with E-state index in [1.165, 1.54) is 14.0 Å². The van der Waals surface area contributed by atoms with Gasteiger partial charge in [0, 0.05) is 6.61 Å². The molecule has 0 rings (SSSR count). The molecule has 0 aliphatic heterocycles. The van der Waals surface area contributed by atoms with Gasteiger partial charge in [-0.15, -0.1) is 0 Å². The monoisotopic (exact) mass is 282 g/mol. The summed E-state index contributed by atoms with van der Waals surface area (Å²) in [4.78, 5) is 10.0. The van der Waals surface area contributed by atoms with Crippen molar-refractivity contribution in [2.75, 3.05) is 53.4 Å². The summed E-state index contributed by atoms with van der Waals surface area (Å²) in [5, 5.41) is 16.7. The molecule has 0 aromatic rings. The molecule has 0 heterocycles. The highest BCUT2D eigenvalue weighted by molar-refractivity contribution is 5.73. The zero-order chi connectivity index (χ0) is 14.9. The van der Waals surface area contributed by atoms with Gasteiger partial charge in [-0.3, -0.25) is 0 Å². The molecule has 0 fully saturated rings. The van der Waals surface area contributed by atoms with Crippen LogP contribution in [0.15, 0.2) is 0 Å². The smallest absolute Gasteiger partial charge is 0.334 e. The maximum Gasteiger partial charge on any atom is 0.334 e. The lowest BCUT2D eigenvalue weighted by atomic mass is 10.4. The van der Waals surface area contributed by atoms with Crippen LogP contribution in [0.3, 0.4) is 0 Å². The first-order valence-electron chi connectivity index (χ1n) is 6.20. The van der Waals surface area contributed by atoms with Gasteiger partial charge in [0.15, 0.2) is 0 Å². The predicted molar refractivity (Wildman–Crippen MR) is 68.9 cm³/mol. The highest BCUT2D eigenvalue weighted by Gasteiger charge is 2.05. The fourth-order valence-electron chi connectivity index (χ4n) is 0.819. The van der Waals surface area contributed by atoms with Crippen LogP contribution in [-0.2, 0) is 23.7 Å². The predicted octanol–water partition coefficient (Wildman–Crippen LogP) is -0.411. The molecule has 0 radical (unpaired) electrons. The summed E-state index contributed by atoms with van der Waals surface area (Å²) in [6.45, 7) is 6.82. The molecule has 0 saturated heterocycles. The number of hydrogen-bond acceptors (Lipinski definition) is 7. The number of aliphatic hydroxyl groups excluding tert-OH is 2. The average Bonchev–Trinajstić information content (AvgIpc) is 2.41. The minimum Gasteiger partial charge on any atom is -0.467 e. The van der Waals surface area contributed by atoms with Gasteiger partial charge in [0.05, 0.1) is 46.8 Å². The maximum atomic E-state index is 10.0. The molecule has 7 heteroatoms. The van der Waals surface area contributed by atoms with Crippen LogP contribution >= 0.6 is 0 Å².